The summed E-state index contributed by atoms with van der Waals surface area (Å²) in [5.41, 5.74) is -6.38. The number of carbonyl (C=O) groups excluding carboxylic acids is 3. The molecule has 3 atom stereocenters. The summed E-state index contributed by atoms with van der Waals surface area (Å²) >= 11 is 18.5. The molecule has 3 aromatic carbocycles. The zero-order valence-corrected chi connectivity index (χ0v) is 52.6. The molecule has 1 unspecified atom stereocenters. The van der Waals surface area contributed by atoms with Crippen molar-refractivity contribution in [1.29, 1.82) is 0 Å². The number of nitrogens with zero attached hydrogens (tertiary/aromatic N) is 6. The standard InChI is InChI=1S/C21H22ClF4N3O2.2C20H20ClF4N3O3.4CH4.B.H3N/c1-2-17(30)13-11-16(22)18(27-12-13)20(23)7-9-29(10-8-20)19(31)28-15-5-3-14(4-6-15)21(24,25)26;2*21-15-9-12(16(30)11-29)10-26-17(15)19(22)5-7-28(8-6-19)18(31)27-14-3-1-13(2-4-14)20(23,24)25;;;;;;/h3-6,11-12,17,30H,2,7-10H2,1H3,(H,28,31);2*1-4,9-10,16,29-30H,5-8,11H2,(H,27,31);4*1H4;;1H3/t17-;16-;;;;;;;/m01......./s1. The van der Waals surface area contributed by atoms with Crippen molar-refractivity contribution in [1.82, 2.24) is 35.8 Å². The van der Waals surface area contributed by atoms with E-state index in [0.717, 1.165) is 60.7 Å². The first-order valence-electron chi connectivity index (χ1n) is 28.6. The van der Waals surface area contributed by atoms with E-state index in [9.17, 15) is 69.2 Å². The summed E-state index contributed by atoms with van der Waals surface area (Å²) < 4.78 is 160. The second kappa shape index (κ2) is 37.4. The quantitative estimate of drug-likeness (QED) is 0.0409. The van der Waals surface area contributed by atoms with Crippen LogP contribution in [0.3, 0.4) is 0 Å². The average Bonchev–Trinajstić information content (AvgIpc) is 0.796. The average molecular weight is 1480 g/mol. The van der Waals surface area contributed by atoms with Crippen LogP contribution in [-0.4, -0.2) is 134 Å². The summed E-state index contributed by atoms with van der Waals surface area (Å²) in [6, 6.07) is 14.7. The number of hydrogen-bond donors (Lipinski definition) is 9. The molecule has 99 heavy (non-hydrogen) atoms. The molecule has 0 saturated carbocycles. The maximum Gasteiger partial charge on any atom is 0.416 e. The topological polar surface area (TPSA) is 272 Å². The van der Waals surface area contributed by atoms with Gasteiger partial charge < -0.3 is 62.3 Å². The minimum absolute atomic E-state index is 0. The van der Waals surface area contributed by atoms with Crippen LogP contribution in [0.4, 0.5) is 84.1 Å². The lowest BCUT2D eigenvalue weighted by molar-refractivity contribution is -0.138. The van der Waals surface area contributed by atoms with E-state index < -0.39 is 102 Å². The van der Waals surface area contributed by atoms with Gasteiger partial charge in [-0.05, 0) is 97.4 Å². The summed E-state index contributed by atoms with van der Waals surface area (Å²) in [7, 11) is 0. The van der Waals surface area contributed by atoms with Gasteiger partial charge >= 0.3 is 36.6 Å². The largest absolute Gasteiger partial charge is 0.416 e. The van der Waals surface area contributed by atoms with Crippen LogP contribution in [0.2, 0.25) is 15.1 Å². The number of aliphatic hydroxyl groups is 5. The van der Waals surface area contributed by atoms with Crippen LogP contribution in [0.1, 0.15) is 150 Å². The van der Waals surface area contributed by atoms with Crippen molar-refractivity contribution < 1.29 is 92.6 Å². The zero-order valence-electron chi connectivity index (χ0n) is 50.3. The van der Waals surface area contributed by atoms with Crippen molar-refractivity contribution >= 4 is 78.4 Å². The number of carbonyl (C=O) groups is 3. The second-order valence-corrected chi connectivity index (χ2v) is 23.2. The number of rotatable bonds is 12. The summed E-state index contributed by atoms with van der Waals surface area (Å²) in [4.78, 5) is 53.5. The molecule has 3 aromatic heterocycles. The fourth-order valence-electron chi connectivity index (χ4n) is 10.1. The number of benzene rings is 3. The highest BCUT2D eigenvalue weighted by molar-refractivity contribution is 6.32. The normalized spacial score (nSPS) is 16.3. The van der Waals surface area contributed by atoms with Crippen LogP contribution in [0.5, 0.6) is 0 Å². The third-order valence-electron chi connectivity index (χ3n) is 15.7. The number of urea groups is 3. The van der Waals surface area contributed by atoms with Crippen LogP contribution in [0.25, 0.3) is 0 Å². The Bertz CT molecular complexity index is 3170. The first kappa shape index (κ1) is 89.8. The Labute approximate surface area is 583 Å². The van der Waals surface area contributed by atoms with Gasteiger partial charge in [0.25, 0.3) is 0 Å². The van der Waals surface area contributed by atoms with E-state index in [1.807, 2.05) is 0 Å². The molecule has 6 amide bonds. The van der Waals surface area contributed by atoms with Crippen molar-refractivity contribution in [3.05, 3.63) is 175 Å². The number of alkyl halides is 12. The van der Waals surface area contributed by atoms with Crippen molar-refractivity contribution in [3.8, 4) is 0 Å². The summed E-state index contributed by atoms with van der Waals surface area (Å²) in [5, 5.41) is 54.8. The molecule has 34 heteroatoms. The van der Waals surface area contributed by atoms with Gasteiger partial charge in [-0.3, -0.25) is 15.0 Å². The summed E-state index contributed by atoms with van der Waals surface area (Å²) in [5.74, 6) is 0. The number of piperidine rings is 3. The number of pyridine rings is 3. The molecule has 0 spiro atoms. The molecule has 547 valence electrons. The van der Waals surface area contributed by atoms with Crippen LogP contribution in [-0.2, 0) is 35.5 Å². The third kappa shape index (κ3) is 23.2. The van der Waals surface area contributed by atoms with E-state index in [1.54, 1.807) is 6.92 Å². The molecule has 6 heterocycles. The Kier molecular flexibility index (Phi) is 34.0. The van der Waals surface area contributed by atoms with Gasteiger partial charge in [-0.2, -0.15) is 39.5 Å². The van der Waals surface area contributed by atoms with E-state index in [2.05, 4.69) is 30.9 Å². The third-order valence-corrected chi connectivity index (χ3v) is 16.5. The van der Waals surface area contributed by atoms with E-state index >= 15 is 13.2 Å². The zero-order chi connectivity index (χ0) is 68.4. The lowest BCUT2D eigenvalue weighted by atomic mass is 9.89. The SMILES string of the molecule is C.C.C.C.CC[C@H](O)c1cnc(C2(F)CCN(C(=O)Nc3ccc(C(F)(F)F)cc3)CC2)c(Cl)c1.N.O=C(Nc1ccc(C(F)(F)F)cc1)N1CCC(F)(c2ncc(C(O)CO)cc2Cl)CC1.O=C(Nc1ccc(C(F)(F)F)cc1)N1CCC(F)(c2ncc([C@H](O)CO)cc2Cl)CC1.[B]. The molecule has 9 rings (SSSR count). The van der Waals surface area contributed by atoms with Gasteiger partial charge in [-0.25, -0.2) is 27.6 Å². The van der Waals surface area contributed by atoms with Gasteiger partial charge in [0, 0.05) is 139 Å². The number of nitrogens with one attached hydrogen (secondary N) is 3. The molecule has 3 radical (unpaired) electrons. The van der Waals surface area contributed by atoms with Crippen LogP contribution in [0.15, 0.2) is 110 Å². The van der Waals surface area contributed by atoms with Crippen LogP contribution >= 0.6 is 34.8 Å². The predicted molar refractivity (Wildman–Crippen MR) is 357 cm³/mol. The van der Waals surface area contributed by atoms with Crippen LogP contribution < -0.4 is 22.1 Å². The highest BCUT2D eigenvalue weighted by Crippen LogP contribution is 2.44. The molecule has 18 nitrogen and oxygen atoms in total. The van der Waals surface area contributed by atoms with Gasteiger partial charge in [0.2, 0.25) is 0 Å². The maximum absolute atomic E-state index is 15.5. The minimum atomic E-state index is -4.47. The Balaban J connectivity index is 0.000000721. The molecule has 0 aliphatic carbocycles. The second-order valence-electron chi connectivity index (χ2n) is 22.0. The smallest absolute Gasteiger partial charge is 0.393 e. The minimum Gasteiger partial charge on any atom is -0.393 e. The summed E-state index contributed by atoms with van der Waals surface area (Å²) in [6.45, 7) is 1.09. The lowest BCUT2D eigenvalue weighted by Gasteiger charge is -2.36. The lowest BCUT2D eigenvalue weighted by Crippen LogP contribution is -2.45. The molecule has 3 aliphatic heterocycles. The van der Waals surface area contributed by atoms with Gasteiger partial charge in [-0.1, -0.05) is 71.4 Å². The summed E-state index contributed by atoms with van der Waals surface area (Å²) in [6.07, 6.45) is -12.5. The van der Waals surface area contributed by atoms with Crippen molar-refractivity contribution in [2.24, 2.45) is 0 Å². The number of amides is 6. The van der Waals surface area contributed by atoms with Crippen molar-refractivity contribution in [3.63, 3.8) is 0 Å². The van der Waals surface area contributed by atoms with Gasteiger partial charge in [0.15, 0.2) is 17.0 Å². The molecule has 11 N–H and O–H groups in total. The van der Waals surface area contributed by atoms with Crippen molar-refractivity contribution in [2.45, 2.75) is 135 Å². The molecule has 0 bridgehead atoms. The molecule has 3 fully saturated rings. The van der Waals surface area contributed by atoms with Crippen LogP contribution in [0, 0.1) is 0 Å². The predicted octanol–water partition coefficient (Wildman–Crippen LogP) is 16.6. The monoisotopic (exact) mass is 1470 g/mol. The van der Waals surface area contributed by atoms with E-state index in [4.69, 9.17) is 45.0 Å². The molecule has 3 saturated heterocycles. The Morgan fingerprint density at radius 1 is 0.455 bits per heavy atom. The number of anilines is 3. The maximum atomic E-state index is 15.5. The van der Waals surface area contributed by atoms with Gasteiger partial charge in [0.1, 0.15) is 12.2 Å². The van der Waals surface area contributed by atoms with Gasteiger partial charge in [-0.15, -0.1) is 0 Å². The van der Waals surface area contributed by atoms with E-state index in [1.165, 1.54) is 63.6 Å². The highest BCUT2D eigenvalue weighted by Gasteiger charge is 2.44. The first-order valence-corrected chi connectivity index (χ1v) is 29.7. The number of aliphatic hydroxyl groups excluding tert-OH is 5. The Hall–Kier alpha value is -7.23. The number of aromatic nitrogens is 3. The number of hydrogen-bond acceptors (Lipinski definition) is 12. The highest BCUT2D eigenvalue weighted by atomic mass is 35.5. The fraction of sp³-hybridized carbons (Fsp3) is 0.446. The number of halogens is 15. The van der Waals surface area contributed by atoms with Gasteiger partial charge in [0.05, 0.1) is 68.2 Å². The fourth-order valence-corrected chi connectivity index (χ4v) is 11.1. The first-order chi connectivity index (χ1) is 43.6. The molecular formula is C65H81BCl3F12N10O8. The Morgan fingerprint density at radius 3 is 0.848 bits per heavy atom. The molecular weight excluding hydrogens is 1390 g/mol. The molecule has 6 aromatic rings. The Morgan fingerprint density at radius 2 is 0.667 bits per heavy atom. The van der Waals surface area contributed by atoms with Crippen molar-refractivity contribution in [2.75, 3.05) is 68.4 Å². The molecule has 3 aliphatic rings. The number of likely N-dealkylation sites (tertiary alicyclic amines) is 3. The van der Waals surface area contributed by atoms with E-state index in [0.29, 0.717) is 12.0 Å². The van der Waals surface area contributed by atoms with E-state index in [-0.39, 0.29) is 182 Å².